The highest BCUT2D eigenvalue weighted by molar-refractivity contribution is 5.85. The number of carbonyl (C=O) groups is 1. The first-order valence-corrected chi connectivity index (χ1v) is 2.30. The molecule has 54 valence electrons. The summed E-state index contributed by atoms with van der Waals surface area (Å²) >= 11 is 0. The second-order valence-electron chi connectivity index (χ2n) is 1.40. The third kappa shape index (κ3) is 1.99. The molecule has 4 nitrogen and oxygen atoms in total. The topological polar surface area (TPSA) is 63.1 Å². The Labute approximate surface area is 63.3 Å². The Balaban J connectivity index is 0.000000810. The molecule has 0 fully saturated rings. The second kappa shape index (κ2) is 3.79. The molecule has 0 bridgehead atoms. The molecule has 0 aromatic carbocycles. The summed E-state index contributed by atoms with van der Waals surface area (Å²) in [6.07, 6.45) is 2.58. The maximum absolute atomic E-state index is 10.1. The minimum atomic E-state index is -1.03. The highest BCUT2D eigenvalue weighted by Crippen LogP contribution is 1.87. The Morgan fingerprint density at radius 1 is 1.60 bits per heavy atom. The average Bonchev–Trinajstić information content (AvgIpc) is 1.90. The second-order valence-corrected chi connectivity index (χ2v) is 1.40. The van der Waals surface area contributed by atoms with E-state index in [2.05, 4.69) is 9.97 Å². The van der Waals surface area contributed by atoms with Gasteiger partial charge in [0.05, 0.1) is 0 Å². The van der Waals surface area contributed by atoms with E-state index >= 15 is 0 Å². The van der Waals surface area contributed by atoms with Crippen molar-refractivity contribution in [2.24, 2.45) is 0 Å². The number of aromatic carboxylic acids is 1. The minimum Gasteiger partial charge on any atom is -0.477 e. The molecular weight excluding hydrogens is 156 g/mol. The number of rotatable bonds is 1. The Morgan fingerprint density at radius 3 is 2.60 bits per heavy atom. The van der Waals surface area contributed by atoms with Crippen LogP contribution in [-0.4, -0.2) is 21.0 Å². The van der Waals surface area contributed by atoms with Crippen LogP contribution in [0, 0.1) is 0 Å². The molecule has 0 aliphatic carbocycles. The van der Waals surface area contributed by atoms with Crippen LogP contribution < -0.4 is 0 Å². The predicted molar refractivity (Wildman–Crippen MR) is 36.2 cm³/mol. The molecule has 0 spiro atoms. The van der Waals surface area contributed by atoms with Gasteiger partial charge >= 0.3 is 5.97 Å². The van der Waals surface area contributed by atoms with Gasteiger partial charge in [0.2, 0.25) is 0 Å². The van der Waals surface area contributed by atoms with Crippen molar-refractivity contribution >= 4 is 18.4 Å². The lowest BCUT2D eigenvalue weighted by molar-refractivity contribution is 0.0690. The molecule has 0 atom stereocenters. The summed E-state index contributed by atoms with van der Waals surface area (Å²) in [7, 11) is 0. The van der Waals surface area contributed by atoms with E-state index in [1.165, 1.54) is 18.6 Å². The normalized spacial score (nSPS) is 8.00. The lowest BCUT2D eigenvalue weighted by Gasteiger charge is -1.86. The van der Waals surface area contributed by atoms with E-state index in [1.54, 1.807) is 0 Å². The fraction of sp³-hybridized carbons (Fsp3) is 0. The molecule has 0 unspecified atom stereocenters. The smallest absolute Gasteiger partial charge is 0.354 e. The van der Waals surface area contributed by atoms with Gasteiger partial charge in [-0.25, -0.2) is 14.8 Å². The Hall–Kier alpha value is -1.16. The molecule has 1 N–H and O–H groups in total. The van der Waals surface area contributed by atoms with Crippen molar-refractivity contribution in [1.82, 2.24) is 9.97 Å². The molecule has 1 heterocycles. The summed E-state index contributed by atoms with van der Waals surface area (Å²) in [5.41, 5.74) is 0.0185. The molecule has 5 heteroatoms. The molecule has 10 heavy (non-hydrogen) atoms. The van der Waals surface area contributed by atoms with Crippen molar-refractivity contribution in [2.45, 2.75) is 0 Å². The first-order chi connectivity index (χ1) is 4.30. The Bertz CT molecular complexity index is 214. The van der Waals surface area contributed by atoms with Crippen LogP contribution in [0.5, 0.6) is 0 Å². The van der Waals surface area contributed by atoms with Crippen molar-refractivity contribution in [3.63, 3.8) is 0 Å². The lowest BCUT2D eigenvalue weighted by Crippen LogP contribution is -1.98. The van der Waals surface area contributed by atoms with Crippen LogP contribution in [0.15, 0.2) is 18.6 Å². The molecule has 1 aromatic rings. The minimum absolute atomic E-state index is 0. The zero-order valence-corrected chi connectivity index (χ0v) is 5.71. The Kier molecular flexibility index (Phi) is 3.35. The summed E-state index contributed by atoms with van der Waals surface area (Å²) < 4.78 is 0. The van der Waals surface area contributed by atoms with E-state index in [9.17, 15) is 4.79 Å². The van der Waals surface area contributed by atoms with Crippen molar-refractivity contribution < 1.29 is 9.90 Å². The van der Waals surface area contributed by atoms with Crippen molar-refractivity contribution in [2.75, 3.05) is 0 Å². The first kappa shape index (κ1) is 8.84. The van der Waals surface area contributed by atoms with E-state index in [0.29, 0.717) is 0 Å². The Morgan fingerprint density at radius 2 is 2.30 bits per heavy atom. The van der Waals surface area contributed by atoms with Gasteiger partial charge in [-0.3, -0.25) is 0 Å². The highest BCUT2D eigenvalue weighted by atomic mass is 35.5. The van der Waals surface area contributed by atoms with Crippen LogP contribution >= 0.6 is 12.4 Å². The lowest BCUT2D eigenvalue weighted by atomic mass is 10.4. The van der Waals surface area contributed by atoms with Gasteiger partial charge in [-0.2, -0.15) is 0 Å². The van der Waals surface area contributed by atoms with Crippen LogP contribution in [-0.2, 0) is 0 Å². The third-order valence-corrected chi connectivity index (χ3v) is 0.801. The number of aromatic nitrogens is 2. The molecule has 0 saturated carbocycles. The van der Waals surface area contributed by atoms with Crippen LogP contribution in [0.3, 0.4) is 0 Å². The van der Waals surface area contributed by atoms with Gasteiger partial charge in [0.25, 0.3) is 0 Å². The average molecular weight is 161 g/mol. The standard InChI is InChI=1S/C5H4N2O2.ClH/c8-5(9)4-1-2-6-3-7-4;/h1-3H,(H,8,9);1H. The highest BCUT2D eigenvalue weighted by Gasteiger charge is 1.99. The van der Waals surface area contributed by atoms with Crippen LogP contribution in [0.1, 0.15) is 10.5 Å². The van der Waals surface area contributed by atoms with Gasteiger partial charge in [-0.05, 0) is 6.07 Å². The molecule has 1 rings (SSSR count). The summed E-state index contributed by atoms with van der Waals surface area (Å²) in [5.74, 6) is -1.03. The van der Waals surface area contributed by atoms with E-state index in [-0.39, 0.29) is 18.1 Å². The van der Waals surface area contributed by atoms with Gasteiger partial charge in [0.15, 0.2) is 5.69 Å². The number of hydrogen-bond donors (Lipinski definition) is 1. The molecule has 0 aliphatic rings. The number of carboxylic acids is 1. The quantitative estimate of drug-likeness (QED) is 0.654. The molecule has 1 aromatic heterocycles. The predicted octanol–water partition coefficient (Wildman–Crippen LogP) is 0.597. The SMILES string of the molecule is Cl.O=C(O)c1ccncn1. The molecule has 0 saturated heterocycles. The zero-order chi connectivity index (χ0) is 6.69. The van der Waals surface area contributed by atoms with Crippen molar-refractivity contribution in [1.29, 1.82) is 0 Å². The van der Waals surface area contributed by atoms with Gasteiger partial charge in [0.1, 0.15) is 6.33 Å². The summed E-state index contributed by atoms with van der Waals surface area (Å²) in [6, 6.07) is 1.34. The number of halogens is 1. The molecule has 0 aliphatic heterocycles. The summed E-state index contributed by atoms with van der Waals surface area (Å²) in [6.45, 7) is 0. The van der Waals surface area contributed by atoms with Gasteiger partial charge in [-0.15, -0.1) is 12.4 Å². The summed E-state index contributed by atoms with van der Waals surface area (Å²) in [4.78, 5) is 17.1. The zero-order valence-electron chi connectivity index (χ0n) is 4.89. The summed E-state index contributed by atoms with van der Waals surface area (Å²) in [5, 5.41) is 8.29. The van der Waals surface area contributed by atoms with E-state index < -0.39 is 5.97 Å². The number of nitrogens with zero attached hydrogens (tertiary/aromatic N) is 2. The van der Waals surface area contributed by atoms with E-state index in [4.69, 9.17) is 5.11 Å². The van der Waals surface area contributed by atoms with Gasteiger partial charge in [0, 0.05) is 6.20 Å². The largest absolute Gasteiger partial charge is 0.477 e. The van der Waals surface area contributed by atoms with Crippen molar-refractivity contribution in [3.8, 4) is 0 Å². The maximum atomic E-state index is 10.1. The van der Waals surface area contributed by atoms with E-state index in [1.807, 2.05) is 0 Å². The number of hydrogen-bond acceptors (Lipinski definition) is 3. The van der Waals surface area contributed by atoms with Crippen LogP contribution in [0.2, 0.25) is 0 Å². The van der Waals surface area contributed by atoms with E-state index in [0.717, 1.165) is 0 Å². The third-order valence-electron chi connectivity index (χ3n) is 0.801. The van der Waals surface area contributed by atoms with Crippen LogP contribution in [0.25, 0.3) is 0 Å². The first-order valence-electron chi connectivity index (χ1n) is 2.30. The molecular formula is C5H5ClN2O2. The van der Waals surface area contributed by atoms with Gasteiger partial charge in [-0.1, -0.05) is 0 Å². The number of carboxylic acid groups (broad SMARTS) is 1. The fourth-order valence-electron chi connectivity index (χ4n) is 0.417. The monoisotopic (exact) mass is 160 g/mol. The maximum Gasteiger partial charge on any atom is 0.354 e. The molecule has 0 amide bonds. The van der Waals surface area contributed by atoms with Gasteiger partial charge < -0.3 is 5.11 Å². The fourth-order valence-corrected chi connectivity index (χ4v) is 0.417. The molecule has 0 radical (unpaired) electrons. The van der Waals surface area contributed by atoms with Crippen LogP contribution in [0.4, 0.5) is 0 Å². The van der Waals surface area contributed by atoms with Crippen molar-refractivity contribution in [3.05, 3.63) is 24.3 Å².